The Morgan fingerprint density at radius 2 is 1.79 bits per heavy atom. The van der Waals surface area contributed by atoms with Crippen LogP contribution in [0.1, 0.15) is 32.6 Å². The zero-order chi connectivity index (χ0) is 14.6. The van der Waals surface area contributed by atoms with Gasteiger partial charge in [0.15, 0.2) is 0 Å². The summed E-state index contributed by atoms with van der Waals surface area (Å²) in [6.45, 7) is 9.34. The summed E-state index contributed by atoms with van der Waals surface area (Å²) >= 11 is 1.23. The van der Waals surface area contributed by atoms with E-state index in [9.17, 15) is 8.42 Å². The lowest BCUT2D eigenvalue weighted by Crippen LogP contribution is -2.33. The fraction of sp³-hybridized carbons (Fsp3) is 0.692. The molecule has 0 radical (unpaired) electrons. The third kappa shape index (κ3) is 4.56. The molecule has 1 aromatic heterocycles. The number of hydrogen-bond acceptors (Lipinski definition) is 4. The minimum atomic E-state index is -3.40. The van der Waals surface area contributed by atoms with E-state index in [2.05, 4.69) is 32.4 Å². The third-order valence-electron chi connectivity index (χ3n) is 3.32. The van der Waals surface area contributed by atoms with Crippen LogP contribution in [-0.2, 0) is 16.6 Å². The highest BCUT2D eigenvalue weighted by Crippen LogP contribution is 2.23. The molecule has 0 saturated carbocycles. The van der Waals surface area contributed by atoms with Gasteiger partial charge in [-0.1, -0.05) is 27.7 Å². The quantitative estimate of drug-likeness (QED) is 0.812. The lowest BCUT2D eigenvalue weighted by molar-refractivity contribution is 0.289. The SMILES string of the molecule is CC(C)C(CNS(=O)(=O)c1ccc(CN)s1)C(C)C. The Bertz CT molecular complexity index is 484. The third-order valence-corrected chi connectivity index (χ3v) is 6.35. The molecule has 0 aliphatic carbocycles. The van der Waals surface area contributed by atoms with Crippen molar-refractivity contribution in [2.45, 2.75) is 38.4 Å². The van der Waals surface area contributed by atoms with Crippen LogP contribution in [-0.4, -0.2) is 15.0 Å². The maximum absolute atomic E-state index is 12.2. The van der Waals surface area contributed by atoms with Gasteiger partial charge in [-0.25, -0.2) is 13.1 Å². The lowest BCUT2D eigenvalue weighted by atomic mass is 9.86. The topological polar surface area (TPSA) is 72.2 Å². The Morgan fingerprint density at radius 3 is 2.21 bits per heavy atom. The van der Waals surface area contributed by atoms with E-state index in [1.54, 1.807) is 12.1 Å². The molecule has 0 saturated heterocycles. The van der Waals surface area contributed by atoms with E-state index in [1.165, 1.54) is 11.3 Å². The van der Waals surface area contributed by atoms with E-state index < -0.39 is 10.0 Å². The van der Waals surface area contributed by atoms with Crippen LogP contribution < -0.4 is 10.5 Å². The van der Waals surface area contributed by atoms with Crippen molar-refractivity contribution < 1.29 is 8.42 Å². The van der Waals surface area contributed by atoms with E-state index in [0.29, 0.717) is 35.1 Å². The molecule has 0 amide bonds. The summed E-state index contributed by atoms with van der Waals surface area (Å²) < 4.78 is 27.4. The number of rotatable bonds is 7. The van der Waals surface area contributed by atoms with Gasteiger partial charge in [0.2, 0.25) is 10.0 Å². The Labute approximate surface area is 120 Å². The normalized spacial score (nSPS) is 12.8. The van der Waals surface area contributed by atoms with Crippen molar-refractivity contribution >= 4 is 21.4 Å². The van der Waals surface area contributed by atoms with Gasteiger partial charge >= 0.3 is 0 Å². The Balaban J connectivity index is 2.74. The predicted molar refractivity (Wildman–Crippen MR) is 80.6 cm³/mol. The van der Waals surface area contributed by atoms with Gasteiger partial charge in [-0.2, -0.15) is 0 Å². The average Bonchev–Trinajstić information content (AvgIpc) is 2.77. The number of nitrogens with one attached hydrogen (secondary N) is 1. The van der Waals surface area contributed by atoms with E-state index in [1.807, 2.05) is 0 Å². The maximum atomic E-state index is 12.2. The van der Waals surface area contributed by atoms with Gasteiger partial charge in [0, 0.05) is 18.0 Å². The van der Waals surface area contributed by atoms with Crippen molar-refractivity contribution in [1.29, 1.82) is 0 Å². The second kappa shape index (κ2) is 6.83. The molecule has 0 bridgehead atoms. The van der Waals surface area contributed by atoms with Crippen molar-refractivity contribution in [3.63, 3.8) is 0 Å². The van der Waals surface area contributed by atoms with Gasteiger partial charge in [-0.05, 0) is 29.9 Å². The summed E-state index contributed by atoms with van der Waals surface area (Å²) in [5.74, 6) is 1.24. The minimum Gasteiger partial charge on any atom is -0.326 e. The summed E-state index contributed by atoms with van der Waals surface area (Å²) in [6, 6.07) is 3.39. The van der Waals surface area contributed by atoms with Crippen LogP contribution in [0.5, 0.6) is 0 Å². The summed E-state index contributed by atoms with van der Waals surface area (Å²) in [7, 11) is -3.40. The summed E-state index contributed by atoms with van der Waals surface area (Å²) in [4.78, 5) is 0.879. The van der Waals surface area contributed by atoms with Crippen LogP contribution in [0.2, 0.25) is 0 Å². The first kappa shape index (κ1) is 16.6. The molecule has 0 aliphatic heterocycles. The highest BCUT2D eigenvalue weighted by Gasteiger charge is 2.22. The fourth-order valence-corrected chi connectivity index (χ4v) is 4.48. The van der Waals surface area contributed by atoms with Crippen molar-refractivity contribution in [3.05, 3.63) is 17.0 Å². The highest BCUT2D eigenvalue weighted by atomic mass is 32.2. The van der Waals surface area contributed by atoms with Crippen molar-refractivity contribution in [1.82, 2.24) is 4.72 Å². The maximum Gasteiger partial charge on any atom is 0.250 e. The smallest absolute Gasteiger partial charge is 0.250 e. The molecular weight excluding hydrogens is 280 g/mol. The van der Waals surface area contributed by atoms with Crippen LogP contribution in [0.25, 0.3) is 0 Å². The molecule has 110 valence electrons. The summed E-state index contributed by atoms with van der Waals surface area (Å²) in [6.07, 6.45) is 0. The van der Waals surface area contributed by atoms with Gasteiger partial charge in [-0.15, -0.1) is 11.3 Å². The molecule has 1 heterocycles. The molecule has 0 aliphatic rings. The average molecular weight is 304 g/mol. The molecule has 0 fully saturated rings. The number of sulfonamides is 1. The van der Waals surface area contributed by atoms with E-state index >= 15 is 0 Å². The first-order chi connectivity index (χ1) is 8.77. The number of nitrogens with two attached hydrogens (primary N) is 1. The zero-order valence-corrected chi connectivity index (χ0v) is 13.6. The summed E-state index contributed by atoms with van der Waals surface area (Å²) in [5.41, 5.74) is 5.50. The van der Waals surface area contributed by atoms with Crippen LogP contribution in [0.4, 0.5) is 0 Å². The van der Waals surface area contributed by atoms with Gasteiger partial charge in [-0.3, -0.25) is 0 Å². The molecule has 0 unspecified atom stereocenters. The molecule has 4 nitrogen and oxygen atoms in total. The molecule has 19 heavy (non-hydrogen) atoms. The Kier molecular flexibility index (Phi) is 5.98. The van der Waals surface area contributed by atoms with E-state index in [-0.39, 0.29) is 0 Å². The lowest BCUT2D eigenvalue weighted by Gasteiger charge is -2.24. The Morgan fingerprint density at radius 1 is 1.21 bits per heavy atom. The highest BCUT2D eigenvalue weighted by molar-refractivity contribution is 7.91. The molecule has 6 heteroatoms. The standard InChI is InChI=1S/C13H24N2O2S2/c1-9(2)12(10(3)4)8-15-19(16,17)13-6-5-11(7-14)18-13/h5-6,9-10,12,15H,7-8,14H2,1-4H3. The van der Waals surface area contributed by atoms with Gasteiger partial charge in [0.05, 0.1) is 0 Å². The largest absolute Gasteiger partial charge is 0.326 e. The van der Waals surface area contributed by atoms with E-state index in [4.69, 9.17) is 5.73 Å². The summed E-state index contributed by atoms with van der Waals surface area (Å²) in [5, 5.41) is 0. The van der Waals surface area contributed by atoms with E-state index in [0.717, 1.165) is 4.88 Å². The molecule has 3 N–H and O–H groups in total. The van der Waals surface area contributed by atoms with Crippen LogP contribution in [0.3, 0.4) is 0 Å². The van der Waals surface area contributed by atoms with Gasteiger partial charge in [0.1, 0.15) is 4.21 Å². The fourth-order valence-electron chi connectivity index (χ4n) is 2.13. The second-order valence-corrected chi connectivity index (χ2v) is 8.59. The number of thiophene rings is 1. The Hall–Kier alpha value is -0.430. The van der Waals surface area contributed by atoms with Crippen molar-refractivity contribution in [2.75, 3.05) is 6.54 Å². The molecule has 1 aromatic rings. The van der Waals surface area contributed by atoms with Crippen LogP contribution >= 0.6 is 11.3 Å². The molecule has 0 aromatic carbocycles. The van der Waals surface area contributed by atoms with Crippen molar-refractivity contribution in [2.24, 2.45) is 23.5 Å². The van der Waals surface area contributed by atoms with Crippen LogP contribution in [0.15, 0.2) is 16.3 Å². The van der Waals surface area contributed by atoms with Gasteiger partial charge in [0.25, 0.3) is 0 Å². The zero-order valence-electron chi connectivity index (χ0n) is 12.0. The minimum absolute atomic E-state index is 0.337. The molecular formula is C13H24N2O2S2. The predicted octanol–water partition coefficient (Wildman–Crippen LogP) is 2.41. The monoisotopic (exact) mass is 304 g/mol. The number of hydrogen-bond donors (Lipinski definition) is 2. The van der Waals surface area contributed by atoms with Crippen molar-refractivity contribution in [3.8, 4) is 0 Å². The second-order valence-electron chi connectivity index (χ2n) is 5.43. The molecule has 1 rings (SSSR count). The van der Waals surface area contributed by atoms with Gasteiger partial charge < -0.3 is 5.73 Å². The molecule has 0 spiro atoms. The van der Waals surface area contributed by atoms with Crippen LogP contribution in [0, 0.1) is 17.8 Å². The first-order valence-corrected chi connectivity index (χ1v) is 8.86. The molecule has 0 atom stereocenters. The first-order valence-electron chi connectivity index (χ1n) is 6.56.